The van der Waals surface area contributed by atoms with Gasteiger partial charge in [-0.2, -0.15) is 0 Å². The number of sulfonamides is 1. The standard InChI is InChI=1S/C12H15N3O4S2/c1-7(2)15-21(17,18)9-5-10(20-6-9)12(16)13-11-4-8(3)19-14-11/h4-7,15H,1-3H3,(H,13,14,16). The summed E-state index contributed by atoms with van der Waals surface area (Å²) in [6.45, 7) is 5.16. The molecule has 0 unspecified atom stereocenters. The lowest BCUT2D eigenvalue weighted by Crippen LogP contribution is -2.29. The van der Waals surface area contributed by atoms with E-state index in [1.165, 1.54) is 11.4 Å². The maximum atomic E-state index is 12.0. The van der Waals surface area contributed by atoms with E-state index in [2.05, 4.69) is 15.2 Å². The highest BCUT2D eigenvalue weighted by Crippen LogP contribution is 2.20. The number of aryl methyl sites for hydroxylation is 1. The highest BCUT2D eigenvalue weighted by atomic mass is 32.2. The van der Waals surface area contributed by atoms with Crippen LogP contribution >= 0.6 is 11.3 Å². The van der Waals surface area contributed by atoms with Gasteiger partial charge >= 0.3 is 0 Å². The van der Waals surface area contributed by atoms with Crippen LogP contribution in [0.3, 0.4) is 0 Å². The van der Waals surface area contributed by atoms with E-state index < -0.39 is 15.9 Å². The predicted molar refractivity (Wildman–Crippen MR) is 79.0 cm³/mol. The lowest BCUT2D eigenvalue weighted by Gasteiger charge is -2.07. The number of nitrogens with one attached hydrogen (secondary N) is 2. The molecule has 0 radical (unpaired) electrons. The quantitative estimate of drug-likeness (QED) is 0.873. The molecule has 0 saturated carbocycles. The summed E-state index contributed by atoms with van der Waals surface area (Å²) in [5, 5.41) is 7.60. The smallest absolute Gasteiger partial charge is 0.267 e. The van der Waals surface area contributed by atoms with Crippen molar-refractivity contribution in [2.45, 2.75) is 31.7 Å². The molecule has 0 aromatic carbocycles. The number of thiophene rings is 1. The lowest BCUT2D eigenvalue weighted by molar-refractivity contribution is 0.102. The number of carbonyl (C=O) groups is 1. The molecule has 9 heteroatoms. The van der Waals surface area contributed by atoms with Crippen molar-refractivity contribution < 1.29 is 17.7 Å². The Morgan fingerprint density at radius 2 is 2.10 bits per heavy atom. The fourth-order valence-corrected chi connectivity index (χ4v) is 3.98. The number of aromatic nitrogens is 1. The van der Waals surface area contributed by atoms with E-state index in [1.807, 2.05) is 0 Å². The number of hydrogen-bond donors (Lipinski definition) is 2. The Kier molecular flexibility index (Phi) is 4.45. The molecule has 0 aliphatic heterocycles. The summed E-state index contributed by atoms with van der Waals surface area (Å²) in [5.74, 6) is 0.427. The predicted octanol–water partition coefficient (Wildman–Crippen LogP) is 1.98. The molecule has 114 valence electrons. The molecule has 0 saturated heterocycles. The van der Waals surface area contributed by atoms with Gasteiger partial charge in [0.2, 0.25) is 10.0 Å². The first-order chi connectivity index (χ1) is 9.78. The van der Waals surface area contributed by atoms with Gasteiger partial charge in [-0.1, -0.05) is 5.16 Å². The van der Waals surface area contributed by atoms with E-state index >= 15 is 0 Å². The highest BCUT2D eigenvalue weighted by Gasteiger charge is 2.20. The zero-order chi connectivity index (χ0) is 15.6. The minimum absolute atomic E-state index is 0.0719. The maximum absolute atomic E-state index is 12.0. The first kappa shape index (κ1) is 15.7. The van der Waals surface area contributed by atoms with E-state index in [0.29, 0.717) is 5.76 Å². The third-order valence-corrected chi connectivity index (χ3v) is 5.09. The summed E-state index contributed by atoms with van der Waals surface area (Å²) in [6.07, 6.45) is 0. The summed E-state index contributed by atoms with van der Waals surface area (Å²) in [6, 6.07) is 2.69. The molecule has 0 aliphatic rings. The van der Waals surface area contributed by atoms with E-state index in [4.69, 9.17) is 4.52 Å². The Morgan fingerprint density at radius 3 is 2.67 bits per heavy atom. The van der Waals surface area contributed by atoms with Crippen LogP contribution in [0.4, 0.5) is 5.82 Å². The summed E-state index contributed by atoms with van der Waals surface area (Å²) < 4.78 is 31.3. The molecule has 2 rings (SSSR count). The van der Waals surface area contributed by atoms with Gasteiger partial charge in [0.05, 0.1) is 9.77 Å². The minimum atomic E-state index is -3.59. The van der Waals surface area contributed by atoms with Gasteiger partial charge in [0, 0.05) is 17.5 Å². The molecule has 0 atom stereocenters. The maximum Gasteiger partial charge on any atom is 0.267 e. The molecule has 21 heavy (non-hydrogen) atoms. The minimum Gasteiger partial charge on any atom is -0.360 e. The van der Waals surface area contributed by atoms with E-state index in [-0.39, 0.29) is 21.6 Å². The summed E-state index contributed by atoms with van der Waals surface area (Å²) in [5.41, 5.74) is 0. The molecular weight excluding hydrogens is 314 g/mol. The largest absolute Gasteiger partial charge is 0.360 e. The number of carbonyl (C=O) groups excluding carboxylic acids is 1. The van der Waals surface area contributed by atoms with E-state index in [0.717, 1.165) is 11.3 Å². The third-order valence-electron chi connectivity index (χ3n) is 2.37. The van der Waals surface area contributed by atoms with E-state index in [1.54, 1.807) is 26.8 Å². The van der Waals surface area contributed by atoms with Crippen LogP contribution in [0.5, 0.6) is 0 Å². The molecule has 2 N–H and O–H groups in total. The van der Waals surface area contributed by atoms with Crippen LogP contribution in [-0.2, 0) is 10.0 Å². The van der Waals surface area contributed by atoms with Crippen LogP contribution < -0.4 is 10.0 Å². The lowest BCUT2D eigenvalue weighted by atomic mass is 10.4. The molecule has 2 heterocycles. The highest BCUT2D eigenvalue weighted by molar-refractivity contribution is 7.89. The molecule has 7 nitrogen and oxygen atoms in total. The van der Waals surface area contributed by atoms with E-state index in [9.17, 15) is 13.2 Å². The van der Waals surface area contributed by atoms with Gasteiger partial charge in [-0.15, -0.1) is 11.3 Å². The molecule has 2 aromatic rings. The second-order valence-electron chi connectivity index (χ2n) is 4.70. The molecule has 0 fully saturated rings. The topological polar surface area (TPSA) is 101 Å². The van der Waals surface area contributed by atoms with Crippen LogP contribution in [0.2, 0.25) is 0 Å². The summed E-state index contributed by atoms with van der Waals surface area (Å²) in [4.78, 5) is 12.3. The Hall–Kier alpha value is -1.71. The van der Waals surface area contributed by atoms with Crippen molar-refractivity contribution in [1.29, 1.82) is 0 Å². The summed E-state index contributed by atoms with van der Waals surface area (Å²) >= 11 is 1.05. The molecular formula is C12H15N3O4S2. The molecule has 0 spiro atoms. The van der Waals surface area contributed by atoms with Crippen molar-refractivity contribution in [3.8, 4) is 0 Å². The molecule has 0 bridgehead atoms. The Morgan fingerprint density at radius 1 is 1.38 bits per heavy atom. The van der Waals surface area contributed by atoms with Crippen molar-refractivity contribution >= 4 is 33.1 Å². The van der Waals surface area contributed by atoms with Gasteiger partial charge in [-0.25, -0.2) is 13.1 Å². The van der Waals surface area contributed by atoms with Gasteiger partial charge in [0.15, 0.2) is 5.82 Å². The summed E-state index contributed by atoms with van der Waals surface area (Å²) in [7, 11) is -3.59. The Bertz CT molecular complexity index is 746. The van der Waals surface area contributed by atoms with Crippen LogP contribution in [0.15, 0.2) is 26.9 Å². The molecule has 1 amide bonds. The van der Waals surface area contributed by atoms with Crippen molar-refractivity contribution in [3.05, 3.63) is 28.2 Å². The normalized spacial score (nSPS) is 11.8. The monoisotopic (exact) mass is 329 g/mol. The third kappa shape index (κ3) is 3.90. The number of anilines is 1. The number of rotatable bonds is 5. The van der Waals surface area contributed by atoms with Gasteiger partial charge in [-0.3, -0.25) is 4.79 Å². The van der Waals surface area contributed by atoms with Gasteiger partial charge in [0.25, 0.3) is 5.91 Å². The van der Waals surface area contributed by atoms with Crippen LogP contribution in [0.25, 0.3) is 0 Å². The second-order valence-corrected chi connectivity index (χ2v) is 7.32. The van der Waals surface area contributed by atoms with Crippen LogP contribution in [0, 0.1) is 6.92 Å². The van der Waals surface area contributed by atoms with Crippen molar-refractivity contribution in [3.63, 3.8) is 0 Å². The average molecular weight is 329 g/mol. The van der Waals surface area contributed by atoms with Crippen molar-refractivity contribution in [1.82, 2.24) is 9.88 Å². The van der Waals surface area contributed by atoms with Crippen molar-refractivity contribution in [2.24, 2.45) is 0 Å². The zero-order valence-corrected chi connectivity index (χ0v) is 13.3. The van der Waals surface area contributed by atoms with Gasteiger partial charge in [0.1, 0.15) is 5.76 Å². The number of amides is 1. The Labute approximate surface area is 126 Å². The van der Waals surface area contributed by atoms with Gasteiger partial charge in [-0.05, 0) is 26.8 Å². The van der Waals surface area contributed by atoms with Crippen LogP contribution in [-0.4, -0.2) is 25.5 Å². The first-order valence-electron chi connectivity index (χ1n) is 6.13. The fraction of sp³-hybridized carbons (Fsp3) is 0.333. The van der Waals surface area contributed by atoms with Crippen LogP contribution in [0.1, 0.15) is 29.3 Å². The first-order valence-corrected chi connectivity index (χ1v) is 8.50. The number of hydrogen-bond acceptors (Lipinski definition) is 6. The van der Waals surface area contributed by atoms with Gasteiger partial charge < -0.3 is 9.84 Å². The SMILES string of the molecule is Cc1cc(NC(=O)c2cc(S(=O)(=O)NC(C)C)cs2)no1. The Balaban J connectivity index is 2.14. The second kappa shape index (κ2) is 5.96. The number of nitrogens with zero attached hydrogens (tertiary/aromatic N) is 1. The average Bonchev–Trinajstić information content (AvgIpc) is 2.96. The molecule has 2 aromatic heterocycles. The fourth-order valence-electron chi connectivity index (χ4n) is 1.56. The zero-order valence-electron chi connectivity index (χ0n) is 11.7. The molecule has 0 aliphatic carbocycles. The van der Waals surface area contributed by atoms with Crippen molar-refractivity contribution in [2.75, 3.05) is 5.32 Å².